The van der Waals surface area contributed by atoms with Crippen LogP contribution in [0.25, 0.3) is 6.08 Å². The third kappa shape index (κ3) is 3.04. The Bertz CT molecular complexity index is 518. The summed E-state index contributed by atoms with van der Waals surface area (Å²) in [6.07, 6.45) is 5.93. The van der Waals surface area contributed by atoms with E-state index in [0.717, 1.165) is 29.2 Å². The van der Waals surface area contributed by atoms with Crippen molar-refractivity contribution in [2.45, 2.75) is 26.7 Å². The van der Waals surface area contributed by atoms with Crippen LogP contribution in [0.4, 0.5) is 0 Å². The Balaban J connectivity index is 1.48. The molecule has 2 fully saturated rings. The zero-order valence-corrected chi connectivity index (χ0v) is 12.9. The highest BCUT2D eigenvalue weighted by Crippen LogP contribution is 2.54. The molecule has 0 spiro atoms. The average Bonchev–Trinajstić information content (AvgIpc) is 3.04. The third-order valence-corrected chi connectivity index (χ3v) is 5.69. The Morgan fingerprint density at radius 2 is 1.95 bits per heavy atom. The Kier molecular flexibility index (Phi) is 4.14. The minimum absolute atomic E-state index is 0.220. The number of ether oxygens (including phenoxy) is 1. The van der Waals surface area contributed by atoms with E-state index in [4.69, 9.17) is 4.74 Å². The molecule has 5 atom stereocenters. The van der Waals surface area contributed by atoms with Crippen LogP contribution >= 0.6 is 0 Å². The molecule has 0 saturated heterocycles. The summed E-state index contributed by atoms with van der Waals surface area (Å²) in [5.41, 5.74) is 1.02. The molecule has 0 heterocycles. The maximum Gasteiger partial charge on any atom is 0.330 e. The smallest absolute Gasteiger partial charge is 0.330 e. The molecule has 112 valence electrons. The molecule has 0 aliphatic heterocycles. The van der Waals surface area contributed by atoms with Crippen molar-refractivity contribution < 1.29 is 9.53 Å². The fourth-order valence-corrected chi connectivity index (χ4v) is 4.25. The summed E-state index contributed by atoms with van der Waals surface area (Å²) in [5.74, 6) is 3.61. The predicted octanol–water partition coefficient (Wildman–Crippen LogP) is 4.17. The summed E-state index contributed by atoms with van der Waals surface area (Å²) in [6.45, 7) is 5.33. The lowest BCUT2D eigenvalue weighted by molar-refractivity contribution is -0.139. The molecule has 2 aliphatic carbocycles. The molecular weight excluding hydrogens is 260 g/mol. The number of fused-ring (bicyclic) bond motifs is 2. The number of rotatable bonds is 4. The van der Waals surface area contributed by atoms with Crippen molar-refractivity contribution in [3.63, 3.8) is 0 Å². The Morgan fingerprint density at radius 3 is 2.62 bits per heavy atom. The minimum atomic E-state index is -0.220. The van der Waals surface area contributed by atoms with Gasteiger partial charge in [-0.1, -0.05) is 44.2 Å². The van der Waals surface area contributed by atoms with Gasteiger partial charge in [0, 0.05) is 6.08 Å². The monoisotopic (exact) mass is 284 g/mol. The van der Waals surface area contributed by atoms with Crippen LogP contribution in [0.1, 0.15) is 32.3 Å². The Hall–Kier alpha value is -1.57. The SMILES string of the molecule is CC1C2CC(COC(=O)/C=C/c3ccccc3)C(C2)C1C. The fraction of sp³-hybridized carbons (Fsp3) is 0.526. The van der Waals surface area contributed by atoms with Gasteiger partial charge in [0.1, 0.15) is 0 Å². The highest BCUT2D eigenvalue weighted by Gasteiger charge is 2.48. The first-order chi connectivity index (χ1) is 10.1. The molecule has 5 unspecified atom stereocenters. The van der Waals surface area contributed by atoms with Crippen LogP contribution in [0.5, 0.6) is 0 Å². The van der Waals surface area contributed by atoms with Gasteiger partial charge in [0.15, 0.2) is 0 Å². The second kappa shape index (κ2) is 6.05. The van der Waals surface area contributed by atoms with Crippen molar-refractivity contribution in [3.05, 3.63) is 42.0 Å². The van der Waals surface area contributed by atoms with E-state index in [1.165, 1.54) is 18.9 Å². The van der Waals surface area contributed by atoms with Crippen LogP contribution in [0, 0.1) is 29.6 Å². The van der Waals surface area contributed by atoms with E-state index in [1.54, 1.807) is 0 Å². The van der Waals surface area contributed by atoms with E-state index in [0.29, 0.717) is 12.5 Å². The molecule has 1 aromatic rings. The summed E-state index contributed by atoms with van der Waals surface area (Å²) < 4.78 is 5.46. The van der Waals surface area contributed by atoms with Gasteiger partial charge in [-0.15, -0.1) is 0 Å². The molecule has 21 heavy (non-hydrogen) atoms. The molecule has 2 heteroatoms. The van der Waals surface area contributed by atoms with Gasteiger partial charge in [0.05, 0.1) is 6.61 Å². The second-order valence-electron chi connectivity index (χ2n) is 6.75. The first-order valence-electron chi connectivity index (χ1n) is 8.05. The number of benzene rings is 1. The molecule has 2 aliphatic rings. The van der Waals surface area contributed by atoms with Crippen LogP contribution in [0.3, 0.4) is 0 Å². The quantitative estimate of drug-likeness (QED) is 0.612. The topological polar surface area (TPSA) is 26.3 Å². The molecule has 0 amide bonds. The highest BCUT2D eigenvalue weighted by atomic mass is 16.5. The molecule has 3 rings (SSSR count). The zero-order valence-electron chi connectivity index (χ0n) is 12.9. The molecule has 0 radical (unpaired) electrons. The molecule has 0 N–H and O–H groups in total. The summed E-state index contributed by atoms with van der Waals surface area (Å²) in [6, 6.07) is 9.84. The van der Waals surface area contributed by atoms with E-state index < -0.39 is 0 Å². The Labute approximate surface area is 127 Å². The molecule has 1 aromatic carbocycles. The lowest BCUT2D eigenvalue weighted by Gasteiger charge is -2.31. The number of carbonyl (C=O) groups is 1. The van der Waals surface area contributed by atoms with Crippen molar-refractivity contribution in [2.75, 3.05) is 6.61 Å². The Morgan fingerprint density at radius 1 is 1.19 bits per heavy atom. The molecule has 0 aromatic heterocycles. The van der Waals surface area contributed by atoms with E-state index in [-0.39, 0.29) is 5.97 Å². The summed E-state index contributed by atoms with van der Waals surface area (Å²) in [4.78, 5) is 11.8. The largest absolute Gasteiger partial charge is 0.462 e. The summed E-state index contributed by atoms with van der Waals surface area (Å²) in [7, 11) is 0. The van der Waals surface area contributed by atoms with E-state index >= 15 is 0 Å². The van der Waals surface area contributed by atoms with E-state index in [9.17, 15) is 4.79 Å². The van der Waals surface area contributed by atoms with Gasteiger partial charge in [0.25, 0.3) is 0 Å². The number of hydrogen-bond acceptors (Lipinski definition) is 2. The van der Waals surface area contributed by atoms with Gasteiger partial charge >= 0.3 is 5.97 Å². The zero-order chi connectivity index (χ0) is 14.8. The fourth-order valence-electron chi connectivity index (χ4n) is 4.25. The molecule has 2 nitrogen and oxygen atoms in total. The van der Waals surface area contributed by atoms with Crippen LogP contribution in [-0.4, -0.2) is 12.6 Å². The minimum Gasteiger partial charge on any atom is -0.462 e. The standard InChI is InChI=1S/C19H24O2/c1-13-14(2)18-11-16(13)10-17(18)12-21-19(20)9-8-15-6-4-3-5-7-15/h3-9,13-14,16-18H,10-12H2,1-2H3/b9-8+. The van der Waals surface area contributed by atoms with Gasteiger partial charge in [-0.2, -0.15) is 0 Å². The second-order valence-corrected chi connectivity index (χ2v) is 6.75. The third-order valence-electron chi connectivity index (χ3n) is 5.69. The van der Waals surface area contributed by atoms with Crippen LogP contribution in [0.2, 0.25) is 0 Å². The number of esters is 1. The van der Waals surface area contributed by atoms with Gasteiger partial charge in [-0.25, -0.2) is 4.79 Å². The molecule has 2 bridgehead atoms. The number of hydrogen-bond donors (Lipinski definition) is 0. The van der Waals surface area contributed by atoms with E-state index in [1.807, 2.05) is 36.4 Å². The molecule has 2 saturated carbocycles. The van der Waals surface area contributed by atoms with Gasteiger partial charge in [0.2, 0.25) is 0 Å². The average molecular weight is 284 g/mol. The predicted molar refractivity (Wildman–Crippen MR) is 84.5 cm³/mol. The lowest BCUT2D eigenvalue weighted by atomic mass is 9.76. The normalized spacial score (nSPS) is 34.5. The van der Waals surface area contributed by atoms with Crippen molar-refractivity contribution in [3.8, 4) is 0 Å². The van der Waals surface area contributed by atoms with E-state index in [2.05, 4.69) is 13.8 Å². The van der Waals surface area contributed by atoms with Crippen molar-refractivity contribution in [2.24, 2.45) is 29.6 Å². The van der Waals surface area contributed by atoms with Gasteiger partial charge < -0.3 is 4.74 Å². The number of carbonyl (C=O) groups excluding carboxylic acids is 1. The van der Waals surface area contributed by atoms with Crippen molar-refractivity contribution in [1.29, 1.82) is 0 Å². The molecular formula is C19H24O2. The van der Waals surface area contributed by atoms with Crippen LogP contribution in [-0.2, 0) is 9.53 Å². The maximum absolute atomic E-state index is 11.8. The first kappa shape index (κ1) is 14.4. The maximum atomic E-state index is 11.8. The highest BCUT2D eigenvalue weighted by molar-refractivity contribution is 5.87. The lowest BCUT2D eigenvalue weighted by Crippen LogP contribution is -2.28. The van der Waals surface area contributed by atoms with Crippen LogP contribution in [0.15, 0.2) is 36.4 Å². The van der Waals surface area contributed by atoms with Crippen LogP contribution < -0.4 is 0 Å². The summed E-state index contributed by atoms with van der Waals surface area (Å²) in [5, 5.41) is 0. The van der Waals surface area contributed by atoms with Gasteiger partial charge in [-0.3, -0.25) is 0 Å². The van der Waals surface area contributed by atoms with Crippen molar-refractivity contribution in [1.82, 2.24) is 0 Å². The summed E-state index contributed by atoms with van der Waals surface area (Å²) >= 11 is 0. The first-order valence-corrected chi connectivity index (χ1v) is 8.05. The van der Waals surface area contributed by atoms with Crippen molar-refractivity contribution >= 4 is 12.0 Å². The van der Waals surface area contributed by atoms with Gasteiger partial charge in [-0.05, 0) is 54.1 Å².